The second kappa shape index (κ2) is 8.31. The van der Waals surface area contributed by atoms with E-state index in [-0.39, 0.29) is 5.41 Å². The van der Waals surface area contributed by atoms with Crippen molar-refractivity contribution in [3.05, 3.63) is 29.8 Å². The molecule has 0 aliphatic carbocycles. The topological polar surface area (TPSA) is 21.3 Å². The molecule has 0 spiro atoms. The number of nitrogens with one attached hydrogen (secondary N) is 1. The van der Waals surface area contributed by atoms with Crippen LogP contribution in [0.3, 0.4) is 0 Å². The fourth-order valence-corrected chi connectivity index (χ4v) is 2.07. The van der Waals surface area contributed by atoms with Gasteiger partial charge in [-0.05, 0) is 48.9 Å². The van der Waals surface area contributed by atoms with Crippen LogP contribution in [0.25, 0.3) is 0 Å². The van der Waals surface area contributed by atoms with Crippen molar-refractivity contribution < 1.29 is 4.74 Å². The van der Waals surface area contributed by atoms with Gasteiger partial charge in [0.2, 0.25) is 0 Å². The average Bonchev–Trinajstić information content (AvgIpc) is 2.48. The quantitative estimate of drug-likeness (QED) is 0.716. The summed E-state index contributed by atoms with van der Waals surface area (Å²) in [4.78, 5) is 0. The predicted molar refractivity (Wildman–Crippen MR) is 87.6 cm³/mol. The first-order valence-corrected chi connectivity index (χ1v) is 8.00. The van der Waals surface area contributed by atoms with Crippen LogP contribution < -0.4 is 10.1 Å². The summed E-state index contributed by atoms with van der Waals surface area (Å²) in [5, 5.41) is 3.51. The minimum absolute atomic E-state index is 0.243. The van der Waals surface area contributed by atoms with Gasteiger partial charge in [0.15, 0.2) is 0 Å². The molecule has 0 fully saturated rings. The van der Waals surface area contributed by atoms with E-state index in [1.807, 2.05) is 0 Å². The van der Waals surface area contributed by atoms with Crippen LogP contribution in [0.2, 0.25) is 0 Å². The van der Waals surface area contributed by atoms with E-state index in [1.165, 1.54) is 5.56 Å². The Bertz CT molecular complexity index is 370. The number of hydrogen-bond donors (Lipinski definition) is 1. The number of rotatable bonds is 9. The fourth-order valence-electron chi connectivity index (χ4n) is 2.07. The molecular formula is C18H31NO. The number of ether oxygens (including phenoxy) is 1. The first kappa shape index (κ1) is 17.0. The summed E-state index contributed by atoms with van der Waals surface area (Å²) >= 11 is 0. The van der Waals surface area contributed by atoms with E-state index in [9.17, 15) is 0 Å². The molecule has 114 valence electrons. The van der Waals surface area contributed by atoms with Crippen molar-refractivity contribution in [2.45, 2.75) is 65.3 Å². The molecule has 0 bridgehead atoms. The maximum atomic E-state index is 5.89. The highest BCUT2D eigenvalue weighted by Crippen LogP contribution is 2.28. The summed E-state index contributed by atoms with van der Waals surface area (Å²) in [6.45, 7) is 13.0. The van der Waals surface area contributed by atoms with Gasteiger partial charge in [-0.25, -0.2) is 0 Å². The smallest absolute Gasteiger partial charge is 0.119 e. The van der Waals surface area contributed by atoms with Crippen LogP contribution in [0.5, 0.6) is 5.75 Å². The molecule has 2 nitrogen and oxygen atoms in total. The zero-order chi connectivity index (χ0) is 15.0. The normalized spacial score (nSPS) is 13.2. The van der Waals surface area contributed by atoms with E-state index < -0.39 is 0 Å². The van der Waals surface area contributed by atoms with Crippen LogP contribution in [0.15, 0.2) is 24.3 Å². The van der Waals surface area contributed by atoms with Gasteiger partial charge in [0.1, 0.15) is 12.4 Å². The molecule has 1 atom stereocenters. The van der Waals surface area contributed by atoms with Gasteiger partial charge in [0.25, 0.3) is 0 Å². The Morgan fingerprint density at radius 3 is 2.25 bits per heavy atom. The Balaban J connectivity index is 2.53. The van der Waals surface area contributed by atoms with Crippen molar-refractivity contribution in [2.24, 2.45) is 0 Å². The van der Waals surface area contributed by atoms with E-state index in [0.29, 0.717) is 6.04 Å². The van der Waals surface area contributed by atoms with Gasteiger partial charge in [-0.3, -0.25) is 0 Å². The maximum absolute atomic E-state index is 5.89. The molecule has 1 N–H and O–H groups in total. The molecule has 0 saturated heterocycles. The Morgan fingerprint density at radius 1 is 1.10 bits per heavy atom. The Kier molecular flexibility index (Phi) is 7.08. The third-order valence-electron chi connectivity index (χ3n) is 4.15. The van der Waals surface area contributed by atoms with Gasteiger partial charge >= 0.3 is 0 Å². The molecule has 0 heterocycles. The molecule has 0 radical (unpaired) electrons. The zero-order valence-electron chi connectivity index (χ0n) is 13.8. The Hall–Kier alpha value is -1.02. The fraction of sp³-hybridized carbons (Fsp3) is 0.667. The lowest BCUT2D eigenvalue weighted by Gasteiger charge is -2.23. The molecule has 0 aliphatic rings. The van der Waals surface area contributed by atoms with Crippen LogP contribution in [0.1, 0.15) is 59.4 Å². The summed E-state index contributed by atoms with van der Waals surface area (Å²) in [6, 6.07) is 9.03. The molecule has 20 heavy (non-hydrogen) atoms. The molecular weight excluding hydrogens is 246 g/mol. The highest BCUT2D eigenvalue weighted by molar-refractivity contribution is 5.31. The van der Waals surface area contributed by atoms with Crippen LogP contribution in [0, 0.1) is 0 Å². The van der Waals surface area contributed by atoms with Gasteiger partial charge in [0, 0.05) is 6.04 Å². The number of hydrogen-bond acceptors (Lipinski definition) is 2. The molecule has 0 aliphatic heterocycles. The van der Waals surface area contributed by atoms with E-state index in [2.05, 4.69) is 64.2 Å². The molecule has 1 aromatic carbocycles. The van der Waals surface area contributed by atoms with E-state index >= 15 is 0 Å². The molecule has 2 heteroatoms. The standard InChI is InChI=1S/C18H31NO/c1-6-13-19-16(7-2)14-20-17-11-9-15(10-12-17)18(4,5)8-3/h9-12,16,19H,6-8,13-14H2,1-5H3. The lowest BCUT2D eigenvalue weighted by Crippen LogP contribution is -2.34. The number of benzene rings is 1. The third-order valence-corrected chi connectivity index (χ3v) is 4.15. The predicted octanol–water partition coefficient (Wildman–Crippen LogP) is 4.53. The van der Waals surface area contributed by atoms with Crippen LogP contribution in [-0.2, 0) is 5.41 Å². The summed E-state index contributed by atoms with van der Waals surface area (Å²) in [5.74, 6) is 0.970. The first-order valence-electron chi connectivity index (χ1n) is 8.00. The molecule has 0 aromatic heterocycles. The maximum Gasteiger partial charge on any atom is 0.119 e. The molecule has 1 unspecified atom stereocenters. The Labute approximate surface area is 124 Å². The van der Waals surface area contributed by atoms with Gasteiger partial charge < -0.3 is 10.1 Å². The van der Waals surface area contributed by atoms with E-state index in [1.54, 1.807) is 0 Å². The second-order valence-electron chi connectivity index (χ2n) is 6.13. The van der Waals surface area contributed by atoms with Gasteiger partial charge in [-0.15, -0.1) is 0 Å². The zero-order valence-corrected chi connectivity index (χ0v) is 13.8. The Morgan fingerprint density at radius 2 is 1.75 bits per heavy atom. The SMILES string of the molecule is CCCNC(CC)COc1ccc(C(C)(C)CC)cc1. The summed E-state index contributed by atoms with van der Waals surface area (Å²) in [6.07, 6.45) is 3.41. The van der Waals surface area contributed by atoms with Gasteiger partial charge in [-0.1, -0.05) is 46.8 Å². The van der Waals surface area contributed by atoms with Crippen LogP contribution in [0.4, 0.5) is 0 Å². The van der Waals surface area contributed by atoms with Crippen molar-refractivity contribution in [3.63, 3.8) is 0 Å². The summed E-state index contributed by atoms with van der Waals surface area (Å²) in [7, 11) is 0. The van der Waals surface area contributed by atoms with Gasteiger partial charge in [-0.2, -0.15) is 0 Å². The largest absolute Gasteiger partial charge is 0.492 e. The molecule has 0 saturated carbocycles. The van der Waals surface area contributed by atoms with Crippen molar-refractivity contribution in [1.82, 2.24) is 5.32 Å². The third kappa shape index (κ3) is 5.16. The highest BCUT2D eigenvalue weighted by atomic mass is 16.5. The monoisotopic (exact) mass is 277 g/mol. The van der Waals surface area contributed by atoms with E-state index in [4.69, 9.17) is 4.74 Å². The molecule has 1 rings (SSSR count). The van der Waals surface area contributed by atoms with Crippen molar-refractivity contribution in [2.75, 3.05) is 13.2 Å². The highest BCUT2D eigenvalue weighted by Gasteiger charge is 2.17. The molecule has 1 aromatic rings. The minimum Gasteiger partial charge on any atom is -0.492 e. The van der Waals surface area contributed by atoms with Crippen LogP contribution >= 0.6 is 0 Å². The van der Waals surface area contributed by atoms with Crippen molar-refractivity contribution in [3.8, 4) is 5.75 Å². The second-order valence-corrected chi connectivity index (χ2v) is 6.13. The minimum atomic E-state index is 0.243. The van der Waals surface area contributed by atoms with Gasteiger partial charge in [0.05, 0.1) is 0 Å². The lowest BCUT2D eigenvalue weighted by molar-refractivity contribution is 0.260. The first-order chi connectivity index (χ1) is 9.53. The lowest BCUT2D eigenvalue weighted by atomic mass is 9.82. The summed E-state index contributed by atoms with van der Waals surface area (Å²) in [5.41, 5.74) is 1.62. The van der Waals surface area contributed by atoms with Crippen molar-refractivity contribution >= 4 is 0 Å². The van der Waals surface area contributed by atoms with E-state index in [0.717, 1.165) is 38.2 Å². The van der Waals surface area contributed by atoms with Crippen LogP contribution in [-0.4, -0.2) is 19.2 Å². The van der Waals surface area contributed by atoms with Crippen molar-refractivity contribution in [1.29, 1.82) is 0 Å². The summed E-state index contributed by atoms with van der Waals surface area (Å²) < 4.78 is 5.89. The molecule has 0 amide bonds. The average molecular weight is 277 g/mol.